The number of aliphatic hydroxyl groups excluding tert-OH is 1. The van der Waals surface area contributed by atoms with Crippen LogP contribution < -0.4 is 0 Å². The molecule has 1 unspecified atom stereocenters. The van der Waals surface area contributed by atoms with Crippen molar-refractivity contribution in [3.63, 3.8) is 0 Å². The molecule has 1 aromatic heterocycles. The Morgan fingerprint density at radius 3 is 2.87 bits per heavy atom. The van der Waals surface area contributed by atoms with Crippen molar-refractivity contribution < 1.29 is 5.11 Å². The van der Waals surface area contributed by atoms with Crippen LogP contribution in [0.5, 0.6) is 0 Å². The molecule has 0 amide bonds. The summed E-state index contributed by atoms with van der Waals surface area (Å²) >= 11 is 0. The van der Waals surface area contributed by atoms with Crippen LogP contribution in [0.1, 0.15) is 18.7 Å². The van der Waals surface area contributed by atoms with E-state index >= 15 is 0 Å². The molecule has 0 aliphatic heterocycles. The van der Waals surface area contributed by atoms with E-state index in [1.54, 1.807) is 0 Å². The number of hydrogen-bond acceptors (Lipinski definition) is 1. The standard InChI is InChI=1S/C13H13NO/c1-3-13(15)12-9-10-7-5-6-8-11(10)14(12)4-2/h1,5-9,13,15H,4H2,2H3. The highest BCUT2D eigenvalue weighted by atomic mass is 16.3. The number of benzene rings is 1. The van der Waals surface area contributed by atoms with Gasteiger partial charge in [0.15, 0.2) is 6.10 Å². The highest BCUT2D eigenvalue weighted by Crippen LogP contribution is 2.23. The van der Waals surface area contributed by atoms with Gasteiger partial charge in [-0.1, -0.05) is 24.1 Å². The molecule has 15 heavy (non-hydrogen) atoms. The smallest absolute Gasteiger partial charge is 0.154 e. The van der Waals surface area contributed by atoms with Gasteiger partial charge < -0.3 is 9.67 Å². The summed E-state index contributed by atoms with van der Waals surface area (Å²) < 4.78 is 2.04. The largest absolute Gasteiger partial charge is 0.375 e. The molecule has 2 nitrogen and oxygen atoms in total. The number of fused-ring (bicyclic) bond motifs is 1. The van der Waals surface area contributed by atoms with Gasteiger partial charge in [-0.15, -0.1) is 6.42 Å². The molecule has 2 aromatic rings. The topological polar surface area (TPSA) is 25.2 Å². The molecular weight excluding hydrogens is 186 g/mol. The molecular formula is C13H13NO. The SMILES string of the molecule is C#CC(O)c1cc2ccccc2n1CC. The van der Waals surface area contributed by atoms with Crippen molar-refractivity contribution in [2.24, 2.45) is 0 Å². The van der Waals surface area contributed by atoms with Crippen molar-refractivity contribution in [3.05, 3.63) is 36.0 Å². The van der Waals surface area contributed by atoms with Gasteiger partial charge in [-0.25, -0.2) is 0 Å². The van der Waals surface area contributed by atoms with Crippen molar-refractivity contribution in [1.82, 2.24) is 4.57 Å². The predicted octanol–water partition coefficient (Wildman–Crippen LogP) is 2.33. The average molecular weight is 199 g/mol. The molecule has 2 heteroatoms. The Balaban J connectivity index is 2.70. The second-order valence-electron chi connectivity index (χ2n) is 3.44. The van der Waals surface area contributed by atoms with Gasteiger partial charge in [0.05, 0.1) is 5.69 Å². The van der Waals surface area contributed by atoms with Gasteiger partial charge in [0.2, 0.25) is 0 Å². The Labute approximate surface area is 89.2 Å². The number of aromatic nitrogens is 1. The molecule has 1 heterocycles. The first-order valence-corrected chi connectivity index (χ1v) is 5.00. The van der Waals surface area contributed by atoms with Crippen LogP contribution in [0.2, 0.25) is 0 Å². The van der Waals surface area contributed by atoms with E-state index in [1.165, 1.54) is 0 Å². The second kappa shape index (κ2) is 3.80. The zero-order chi connectivity index (χ0) is 10.8. The van der Waals surface area contributed by atoms with Crippen molar-refractivity contribution in [3.8, 4) is 12.3 Å². The summed E-state index contributed by atoms with van der Waals surface area (Å²) in [6.45, 7) is 2.85. The van der Waals surface area contributed by atoms with E-state index in [1.807, 2.05) is 41.8 Å². The highest BCUT2D eigenvalue weighted by Gasteiger charge is 2.12. The molecule has 0 radical (unpaired) electrons. The minimum Gasteiger partial charge on any atom is -0.375 e. The van der Waals surface area contributed by atoms with Gasteiger partial charge in [0.25, 0.3) is 0 Å². The highest BCUT2D eigenvalue weighted by molar-refractivity contribution is 5.81. The van der Waals surface area contributed by atoms with E-state index in [-0.39, 0.29) is 0 Å². The van der Waals surface area contributed by atoms with Crippen LogP contribution in [0.3, 0.4) is 0 Å². The summed E-state index contributed by atoms with van der Waals surface area (Å²) in [6.07, 6.45) is 4.41. The zero-order valence-electron chi connectivity index (χ0n) is 8.64. The molecule has 0 bridgehead atoms. The number of aliphatic hydroxyl groups is 1. The monoisotopic (exact) mass is 199 g/mol. The lowest BCUT2D eigenvalue weighted by molar-refractivity contribution is 0.229. The van der Waals surface area contributed by atoms with Crippen LogP contribution in [-0.4, -0.2) is 9.67 Å². The third-order valence-electron chi connectivity index (χ3n) is 2.60. The number of rotatable bonds is 2. The lowest BCUT2D eigenvalue weighted by atomic mass is 10.2. The first kappa shape index (κ1) is 9.82. The average Bonchev–Trinajstić information content (AvgIpc) is 2.66. The Morgan fingerprint density at radius 1 is 1.47 bits per heavy atom. The lowest BCUT2D eigenvalue weighted by Gasteiger charge is -2.08. The molecule has 76 valence electrons. The summed E-state index contributed by atoms with van der Waals surface area (Å²) in [4.78, 5) is 0. The number of terminal acetylenes is 1. The van der Waals surface area contributed by atoms with E-state index in [9.17, 15) is 5.11 Å². The van der Waals surface area contributed by atoms with E-state index in [4.69, 9.17) is 6.42 Å². The first-order chi connectivity index (χ1) is 7.27. The summed E-state index contributed by atoms with van der Waals surface area (Å²) in [6, 6.07) is 9.97. The minimum absolute atomic E-state index is 0.793. The fourth-order valence-electron chi connectivity index (χ4n) is 1.90. The van der Waals surface area contributed by atoms with E-state index < -0.39 is 6.10 Å². The molecule has 0 saturated heterocycles. The van der Waals surface area contributed by atoms with E-state index in [0.717, 1.165) is 23.1 Å². The summed E-state index contributed by atoms with van der Waals surface area (Å²) in [5.41, 5.74) is 1.91. The maximum absolute atomic E-state index is 9.69. The van der Waals surface area contributed by atoms with Crippen LogP contribution in [0, 0.1) is 12.3 Å². The quantitative estimate of drug-likeness (QED) is 0.738. The summed E-state index contributed by atoms with van der Waals surface area (Å²) in [5.74, 6) is 2.35. The lowest BCUT2D eigenvalue weighted by Crippen LogP contribution is -2.04. The van der Waals surface area contributed by atoms with Crippen LogP contribution in [-0.2, 0) is 6.54 Å². The van der Waals surface area contributed by atoms with Gasteiger partial charge in [0, 0.05) is 12.1 Å². The van der Waals surface area contributed by atoms with Gasteiger partial charge in [-0.05, 0) is 24.4 Å². The third-order valence-corrected chi connectivity index (χ3v) is 2.60. The minimum atomic E-state index is -0.822. The molecule has 2 rings (SSSR count). The predicted molar refractivity (Wildman–Crippen MR) is 61.4 cm³/mol. The van der Waals surface area contributed by atoms with Crippen LogP contribution in [0.25, 0.3) is 10.9 Å². The summed E-state index contributed by atoms with van der Waals surface area (Å²) in [5, 5.41) is 10.8. The fourth-order valence-corrected chi connectivity index (χ4v) is 1.90. The molecule has 0 saturated carbocycles. The zero-order valence-corrected chi connectivity index (χ0v) is 8.64. The Hall–Kier alpha value is -1.72. The van der Waals surface area contributed by atoms with Crippen LogP contribution in [0.4, 0.5) is 0 Å². The number of aryl methyl sites for hydroxylation is 1. The fraction of sp³-hybridized carbons (Fsp3) is 0.231. The van der Waals surface area contributed by atoms with Gasteiger partial charge in [-0.3, -0.25) is 0 Å². The normalized spacial score (nSPS) is 12.6. The van der Waals surface area contributed by atoms with Crippen LogP contribution in [0.15, 0.2) is 30.3 Å². The van der Waals surface area contributed by atoms with Gasteiger partial charge in [-0.2, -0.15) is 0 Å². The van der Waals surface area contributed by atoms with E-state index in [0.29, 0.717) is 0 Å². The number of para-hydroxylation sites is 1. The maximum Gasteiger partial charge on any atom is 0.154 e. The molecule has 1 atom stereocenters. The molecule has 0 aliphatic carbocycles. The molecule has 0 spiro atoms. The van der Waals surface area contributed by atoms with Crippen molar-refractivity contribution in [2.45, 2.75) is 19.6 Å². The molecule has 0 aliphatic rings. The number of hydrogen-bond donors (Lipinski definition) is 1. The molecule has 1 aromatic carbocycles. The van der Waals surface area contributed by atoms with Crippen molar-refractivity contribution in [1.29, 1.82) is 0 Å². The Bertz CT molecular complexity index is 519. The summed E-state index contributed by atoms with van der Waals surface area (Å²) in [7, 11) is 0. The van der Waals surface area contributed by atoms with Gasteiger partial charge >= 0.3 is 0 Å². The second-order valence-corrected chi connectivity index (χ2v) is 3.44. The first-order valence-electron chi connectivity index (χ1n) is 5.00. The van der Waals surface area contributed by atoms with Crippen molar-refractivity contribution in [2.75, 3.05) is 0 Å². The van der Waals surface area contributed by atoms with Crippen LogP contribution >= 0.6 is 0 Å². The third kappa shape index (κ3) is 1.51. The Morgan fingerprint density at radius 2 is 2.20 bits per heavy atom. The number of nitrogens with zero attached hydrogens (tertiary/aromatic N) is 1. The maximum atomic E-state index is 9.69. The Kier molecular flexibility index (Phi) is 2.49. The molecule has 1 N–H and O–H groups in total. The molecule has 0 fully saturated rings. The van der Waals surface area contributed by atoms with Gasteiger partial charge in [0.1, 0.15) is 0 Å². The van der Waals surface area contributed by atoms with Crippen molar-refractivity contribution >= 4 is 10.9 Å². The van der Waals surface area contributed by atoms with E-state index in [2.05, 4.69) is 5.92 Å².